The highest BCUT2D eigenvalue weighted by Gasteiger charge is 2.25. The smallest absolute Gasteiger partial charge is 0.335 e. The Hall–Kier alpha value is -3.40. The Labute approximate surface area is 240 Å². The van der Waals surface area contributed by atoms with Gasteiger partial charge in [0.2, 0.25) is 0 Å². The van der Waals surface area contributed by atoms with Crippen molar-refractivity contribution in [1.82, 2.24) is 0 Å². The van der Waals surface area contributed by atoms with E-state index in [1.54, 1.807) is 18.2 Å². The molecule has 0 aliphatic rings. The van der Waals surface area contributed by atoms with Crippen LogP contribution >= 0.6 is 0 Å². The van der Waals surface area contributed by atoms with Gasteiger partial charge in [-0.3, -0.25) is 0 Å². The van der Waals surface area contributed by atoms with E-state index in [-0.39, 0.29) is 17.4 Å². The molecule has 1 unspecified atom stereocenters. The second-order valence-corrected chi connectivity index (χ2v) is 11.3. The van der Waals surface area contributed by atoms with Crippen molar-refractivity contribution in [1.29, 1.82) is 0 Å². The summed E-state index contributed by atoms with van der Waals surface area (Å²) in [4.78, 5) is 23.7. The van der Waals surface area contributed by atoms with Gasteiger partial charge in [0.1, 0.15) is 0 Å². The molecule has 0 aliphatic carbocycles. The van der Waals surface area contributed by atoms with Gasteiger partial charge < -0.3 is 10.2 Å². The molecule has 40 heavy (non-hydrogen) atoms. The number of benzene rings is 3. The molecular formula is C36H46O4. The molecule has 0 fully saturated rings. The Kier molecular flexibility index (Phi) is 12.0. The fraction of sp³-hybridized carbons (Fsp3) is 0.444. The van der Waals surface area contributed by atoms with Crippen LogP contribution in [0.4, 0.5) is 0 Å². The number of carboxylic acid groups (broad SMARTS) is 2. The summed E-state index contributed by atoms with van der Waals surface area (Å²) < 4.78 is 0. The van der Waals surface area contributed by atoms with E-state index in [9.17, 15) is 19.8 Å². The summed E-state index contributed by atoms with van der Waals surface area (Å²) in [5, 5.41) is 19.4. The van der Waals surface area contributed by atoms with Crippen LogP contribution in [0, 0.1) is 0 Å². The number of hydrogen-bond acceptors (Lipinski definition) is 2. The van der Waals surface area contributed by atoms with Crippen molar-refractivity contribution in [2.24, 2.45) is 0 Å². The third-order valence-corrected chi connectivity index (χ3v) is 8.15. The summed E-state index contributed by atoms with van der Waals surface area (Å²) in [7, 11) is 0. The van der Waals surface area contributed by atoms with Crippen LogP contribution in [0.5, 0.6) is 0 Å². The van der Waals surface area contributed by atoms with Gasteiger partial charge in [-0.2, -0.15) is 0 Å². The van der Waals surface area contributed by atoms with Gasteiger partial charge in [-0.25, -0.2) is 9.59 Å². The van der Waals surface area contributed by atoms with E-state index in [1.807, 2.05) is 18.2 Å². The van der Waals surface area contributed by atoms with Crippen molar-refractivity contribution in [2.75, 3.05) is 0 Å². The van der Waals surface area contributed by atoms with E-state index in [2.05, 4.69) is 52.0 Å². The summed E-state index contributed by atoms with van der Waals surface area (Å²) >= 11 is 0. The SMILES string of the molecule is CCCCCCC(C)c1c(-c2ccc(-c3ccc(C(=O)O)cc3)cc2)ccc(C(=O)O)c1[C@@H](C)CCCCCC. The number of aromatic carboxylic acids is 2. The predicted octanol–water partition coefficient (Wildman–Crippen LogP) is 10.6. The molecule has 214 valence electrons. The van der Waals surface area contributed by atoms with Crippen molar-refractivity contribution in [2.45, 2.75) is 104 Å². The summed E-state index contributed by atoms with van der Waals surface area (Å²) in [6.07, 6.45) is 11.5. The van der Waals surface area contributed by atoms with Crippen LogP contribution in [0.3, 0.4) is 0 Å². The molecule has 0 heterocycles. The second kappa shape index (κ2) is 15.4. The fourth-order valence-electron chi connectivity index (χ4n) is 5.83. The maximum absolute atomic E-state index is 12.5. The molecule has 0 spiro atoms. The lowest BCUT2D eigenvalue weighted by molar-refractivity contribution is 0.0685. The van der Waals surface area contributed by atoms with Gasteiger partial charge in [-0.1, -0.05) is 122 Å². The van der Waals surface area contributed by atoms with Gasteiger partial charge in [0.25, 0.3) is 0 Å². The van der Waals surface area contributed by atoms with Crippen molar-refractivity contribution >= 4 is 11.9 Å². The monoisotopic (exact) mass is 542 g/mol. The first kappa shape index (κ1) is 31.1. The average Bonchev–Trinajstić information content (AvgIpc) is 2.96. The summed E-state index contributed by atoms with van der Waals surface area (Å²) in [5.41, 5.74) is 7.10. The third-order valence-electron chi connectivity index (χ3n) is 8.15. The first-order valence-corrected chi connectivity index (χ1v) is 15.1. The predicted molar refractivity (Wildman–Crippen MR) is 166 cm³/mol. The molecule has 4 heteroatoms. The maximum Gasteiger partial charge on any atom is 0.335 e. The zero-order valence-electron chi connectivity index (χ0n) is 24.7. The quantitative estimate of drug-likeness (QED) is 0.177. The zero-order valence-corrected chi connectivity index (χ0v) is 24.7. The molecule has 3 rings (SSSR count). The Morgan fingerprint density at radius 3 is 1.52 bits per heavy atom. The molecular weight excluding hydrogens is 496 g/mol. The van der Waals surface area contributed by atoms with Crippen LogP contribution < -0.4 is 0 Å². The topological polar surface area (TPSA) is 74.6 Å². The van der Waals surface area contributed by atoms with Gasteiger partial charge in [-0.15, -0.1) is 0 Å². The minimum atomic E-state index is -0.932. The average molecular weight is 543 g/mol. The molecule has 0 aromatic heterocycles. The molecule has 0 amide bonds. The normalized spacial score (nSPS) is 12.7. The molecule has 0 radical (unpaired) electrons. The number of rotatable bonds is 16. The molecule has 0 saturated carbocycles. The maximum atomic E-state index is 12.5. The van der Waals surface area contributed by atoms with Gasteiger partial charge >= 0.3 is 11.9 Å². The van der Waals surface area contributed by atoms with Gasteiger partial charge in [0, 0.05) is 0 Å². The lowest BCUT2D eigenvalue weighted by Crippen LogP contribution is -2.13. The van der Waals surface area contributed by atoms with Crippen LogP contribution in [0.25, 0.3) is 22.3 Å². The van der Waals surface area contributed by atoms with E-state index in [1.165, 1.54) is 44.1 Å². The standard InChI is InChI=1S/C36H46O4/c1-5-7-9-11-13-25(3)33-31(23-24-32(36(39)40)34(33)26(4)14-12-10-8-6-2)29-19-15-27(16-20-29)28-17-21-30(22-18-28)35(37)38/h15-26H,5-14H2,1-4H3,(H,37,38)(H,39,40)/t25?,26-/m0/s1. The molecule has 3 aromatic carbocycles. The Balaban J connectivity index is 2.04. The van der Waals surface area contributed by atoms with Crippen LogP contribution in [0.2, 0.25) is 0 Å². The first-order valence-electron chi connectivity index (χ1n) is 15.1. The summed E-state index contributed by atoms with van der Waals surface area (Å²) in [6, 6.07) is 19.1. The highest BCUT2D eigenvalue weighted by atomic mass is 16.4. The Bertz CT molecular complexity index is 1240. The highest BCUT2D eigenvalue weighted by Crippen LogP contribution is 2.41. The third kappa shape index (κ3) is 8.06. The van der Waals surface area contributed by atoms with Crippen LogP contribution in [-0.2, 0) is 0 Å². The molecule has 0 aliphatic heterocycles. The molecule has 3 aromatic rings. The highest BCUT2D eigenvalue weighted by molar-refractivity contribution is 5.92. The van der Waals surface area contributed by atoms with E-state index < -0.39 is 11.9 Å². The van der Waals surface area contributed by atoms with Crippen LogP contribution in [-0.4, -0.2) is 22.2 Å². The van der Waals surface area contributed by atoms with E-state index in [0.29, 0.717) is 5.56 Å². The van der Waals surface area contributed by atoms with Crippen LogP contribution in [0.1, 0.15) is 136 Å². The first-order chi connectivity index (χ1) is 19.3. The molecule has 4 nitrogen and oxygen atoms in total. The minimum Gasteiger partial charge on any atom is -0.478 e. The lowest BCUT2D eigenvalue weighted by Gasteiger charge is -2.26. The second-order valence-electron chi connectivity index (χ2n) is 11.3. The fourth-order valence-corrected chi connectivity index (χ4v) is 5.83. The Morgan fingerprint density at radius 2 is 1.05 bits per heavy atom. The largest absolute Gasteiger partial charge is 0.478 e. The van der Waals surface area contributed by atoms with Crippen molar-refractivity contribution in [3.8, 4) is 22.3 Å². The van der Waals surface area contributed by atoms with E-state index >= 15 is 0 Å². The number of carbonyl (C=O) groups is 2. The van der Waals surface area contributed by atoms with Crippen molar-refractivity contribution < 1.29 is 19.8 Å². The van der Waals surface area contributed by atoms with E-state index in [0.717, 1.165) is 53.5 Å². The van der Waals surface area contributed by atoms with Gasteiger partial charge in [-0.05, 0) is 76.3 Å². The van der Waals surface area contributed by atoms with Crippen LogP contribution in [0.15, 0.2) is 60.7 Å². The van der Waals surface area contributed by atoms with Gasteiger partial charge in [0.05, 0.1) is 11.1 Å². The molecule has 0 bridgehead atoms. The van der Waals surface area contributed by atoms with Crippen molar-refractivity contribution in [3.63, 3.8) is 0 Å². The molecule has 0 saturated heterocycles. The molecule has 2 atom stereocenters. The van der Waals surface area contributed by atoms with Gasteiger partial charge in [0.15, 0.2) is 0 Å². The summed E-state index contributed by atoms with van der Waals surface area (Å²) in [6.45, 7) is 8.90. The Morgan fingerprint density at radius 1 is 0.575 bits per heavy atom. The summed E-state index contributed by atoms with van der Waals surface area (Å²) in [5.74, 6) is -1.36. The minimum absolute atomic E-state index is 0.169. The lowest BCUT2D eigenvalue weighted by atomic mass is 9.78. The van der Waals surface area contributed by atoms with Crippen molar-refractivity contribution in [3.05, 3.63) is 82.9 Å². The van der Waals surface area contributed by atoms with E-state index in [4.69, 9.17) is 0 Å². The molecule has 2 N–H and O–H groups in total. The zero-order chi connectivity index (χ0) is 29.1. The number of hydrogen-bond donors (Lipinski definition) is 2. The number of carboxylic acids is 2. The number of unbranched alkanes of at least 4 members (excludes halogenated alkanes) is 6.